The molecule has 2 amide bonds. The SMILES string of the molecule is O=C(CN1C(=O)CSc2ccccc21)OC(C(=O)Nc1ccc(F)cc1)c1ccccc1. The third-order valence-electron chi connectivity index (χ3n) is 4.80. The van der Waals surface area contributed by atoms with Crippen LogP contribution < -0.4 is 10.2 Å². The molecule has 3 aromatic rings. The molecular weight excluding hydrogens is 431 g/mol. The minimum absolute atomic E-state index is 0.210. The van der Waals surface area contributed by atoms with Crippen LogP contribution in [-0.2, 0) is 19.1 Å². The summed E-state index contributed by atoms with van der Waals surface area (Å²) in [6.45, 7) is -0.316. The number of halogens is 1. The first-order valence-electron chi connectivity index (χ1n) is 9.84. The fraction of sp³-hybridized carbons (Fsp3) is 0.125. The molecule has 1 heterocycles. The van der Waals surface area contributed by atoms with Gasteiger partial charge in [-0.3, -0.25) is 19.3 Å². The molecule has 0 saturated carbocycles. The molecule has 8 heteroatoms. The molecule has 1 atom stereocenters. The minimum atomic E-state index is -1.24. The molecule has 0 spiro atoms. The fourth-order valence-electron chi connectivity index (χ4n) is 3.27. The number of rotatable bonds is 6. The Labute approximate surface area is 188 Å². The molecule has 1 N–H and O–H groups in total. The molecule has 0 bridgehead atoms. The number of para-hydroxylation sites is 1. The van der Waals surface area contributed by atoms with E-state index in [1.54, 1.807) is 42.5 Å². The highest BCUT2D eigenvalue weighted by molar-refractivity contribution is 8.00. The zero-order valence-corrected chi connectivity index (χ0v) is 17.7. The molecule has 1 aliphatic heterocycles. The number of carbonyl (C=O) groups is 3. The van der Waals surface area contributed by atoms with E-state index in [-0.39, 0.29) is 18.2 Å². The molecule has 32 heavy (non-hydrogen) atoms. The van der Waals surface area contributed by atoms with Gasteiger partial charge in [-0.25, -0.2) is 4.39 Å². The van der Waals surface area contributed by atoms with E-state index in [9.17, 15) is 18.8 Å². The predicted octanol–water partition coefficient (Wildman–Crippen LogP) is 4.19. The second-order valence-electron chi connectivity index (χ2n) is 7.01. The Balaban J connectivity index is 1.52. The molecule has 0 aliphatic carbocycles. The van der Waals surface area contributed by atoms with E-state index in [1.807, 2.05) is 12.1 Å². The first-order chi connectivity index (χ1) is 15.5. The molecule has 0 aromatic heterocycles. The quantitative estimate of drug-likeness (QED) is 0.570. The monoisotopic (exact) mass is 450 g/mol. The molecule has 1 aliphatic rings. The first-order valence-corrected chi connectivity index (χ1v) is 10.8. The average Bonchev–Trinajstić information content (AvgIpc) is 2.81. The summed E-state index contributed by atoms with van der Waals surface area (Å²) in [6, 6.07) is 21.1. The van der Waals surface area contributed by atoms with Gasteiger partial charge in [0.05, 0.1) is 11.4 Å². The summed E-state index contributed by atoms with van der Waals surface area (Å²) in [4.78, 5) is 40.4. The van der Waals surface area contributed by atoms with Gasteiger partial charge in [-0.05, 0) is 36.4 Å². The summed E-state index contributed by atoms with van der Waals surface area (Å²) >= 11 is 1.41. The molecule has 0 saturated heterocycles. The van der Waals surface area contributed by atoms with E-state index in [0.29, 0.717) is 16.9 Å². The van der Waals surface area contributed by atoms with Crippen molar-refractivity contribution in [2.75, 3.05) is 22.5 Å². The van der Waals surface area contributed by atoms with Crippen molar-refractivity contribution < 1.29 is 23.5 Å². The van der Waals surface area contributed by atoms with E-state index in [1.165, 1.54) is 40.9 Å². The lowest BCUT2D eigenvalue weighted by Crippen LogP contribution is -2.40. The van der Waals surface area contributed by atoms with E-state index < -0.39 is 23.8 Å². The minimum Gasteiger partial charge on any atom is -0.446 e. The number of nitrogens with zero attached hydrogens (tertiary/aromatic N) is 1. The summed E-state index contributed by atoms with van der Waals surface area (Å²) in [5.74, 6) is -1.73. The van der Waals surface area contributed by atoms with Gasteiger partial charge in [-0.2, -0.15) is 0 Å². The summed E-state index contributed by atoms with van der Waals surface area (Å²) in [5, 5.41) is 2.63. The number of thioether (sulfide) groups is 1. The maximum Gasteiger partial charge on any atom is 0.327 e. The van der Waals surface area contributed by atoms with Crippen LogP contribution in [0.25, 0.3) is 0 Å². The lowest BCUT2D eigenvalue weighted by Gasteiger charge is -2.28. The number of esters is 1. The van der Waals surface area contributed by atoms with E-state index >= 15 is 0 Å². The average molecular weight is 450 g/mol. The Morgan fingerprint density at radius 3 is 2.44 bits per heavy atom. The Hall–Kier alpha value is -3.65. The Bertz CT molecular complexity index is 1140. The molecule has 0 fully saturated rings. The topological polar surface area (TPSA) is 75.7 Å². The molecule has 0 radical (unpaired) electrons. The zero-order valence-electron chi connectivity index (χ0n) is 16.9. The number of benzene rings is 3. The highest BCUT2D eigenvalue weighted by Crippen LogP contribution is 2.35. The van der Waals surface area contributed by atoms with Crippen molar-refractivity contribution in [1.82, 2.24) is 0 Å². The van der Waals surface area contributed by atoms with Gasteiger partial charge in [0.15, 0.2) is 0 Å². The van der Waals surface area contributed by atoms with Gasteiger partial charge in [0.1, 0.15) is 12.4 Å². The lowest BCUT2D eigenvalue weighted by atomic mass is 10.1. The molecular formula is C24H19FN2O4S. The van der Waals surface area contributed by atoms with E-state index in [0.717, 1.165) is 4.90 Å². The van der Waals surface area contributed by atoms with Crippen molar-refractivity contribution >= 4 is 40.9 Å². The third kappa shape index (κ3) is 4.97. The van der Waals surface area contributed by atoms with Crippen molar-refractivity contribution in [1.29, 1.82) is 0 Å². The van der Waals surface area contributed by atoms with Crippen LogP contribution in [0.15, 0.2) is 83.8 Å². The van der Waals surface area contributed by atoms with Crippen LogP contribution in [-0.4, -0.2) is 30.1 Å². The number of hydrogen-bond acceptors (Lipinski definition) is 5. The number of ether oxygens (including phenoxy) is 1. The second kappa shape index (κ2) is 9.65. The van der Waals surface area contributed by atoms with Crippen LogP contribution in [0, 0.1) is 5.82 Å². The fourth-order valence-corrected chi connectivity index (χ4v) is 4.20. The van der Waals surface area contributed by atoms with Crippen LogP contribution in [0.1, 0.15) is 11.7 Å². The van der Waals surface area contributed by atoms with E-state index in [2.05, 4.69) is 5.32 Å². The number of carbonyl (C=O) groups excluding carboxylic acids is 3. The Morgan fingerprint density at radius 2 is 1.69 bits per heavy atom. The van der Waals surface area contributed by atoms with Crippen LogP contribution >= 0.6 is 11.8 Å². The van der Waals surface area contributed by atoms with Gasteiger partial charge >= 0.3 is 5.97 Å². The van der Waals surface area contributed by atoms with Crippen LogP contribution in [0.5, 0.6) is 0 Å². The lowest BCUT2D eigenvalue weighted by molar-refractivity contribution is -0.153. The highest BCUT2D eigenvalue weighted by atomic mass is 32.2. The summed E-state index contributed by atoms with van der Waals surface area (Å²) < 4.78 is 18.7. The van der Waals surface area contributed by atoms with Crippen molar-refractivity contribution in [2.45, 2.75) is 11.0 Å². The smallest absolute Gasteiger partial charge is 0.327 e. The molecule has 6 nitrogen and oxygen atoms in total. The summed E-state index contributed by atoms with van der Waals surface area (Å²) in [7, 11) is 0. The number of anilines is 2. The summed E-state index contributed by atoms with van der Waals surface area (Å²) in [5.41, 5.74) is 1.48. The van der Waals surface area contributed by atoms with Crippen LogP contribution in [0.3, 0.4) is 0 Å². The molecule has 162 valence electrons. The largest absolute Gasteiger partial charge is 0.446 e. The standard InChI is InChI=1S/C24H19FN2O4S/c25-17-10-12-18(13-11-17)26-24(30)23(16-6-2-1-3-7-16)31-22(29)14-27-19-8-4-5-9-20(19)32-15-21(27)28/h1-13,23H,14-15H2,(H,26,30). The second-order valence-corrected chi connectivity index (χ2v) is 8.03. The third-order valence-corrected chi connectivity index (χ3v) is 5.84. The van der Waals surface area contributed by atoms with E-state index in [4.69, 9.17) is 4.74 Å². The van der Waals surface area contributed by atoms with Gasteiger partial charge in [0, 0.05) is 16.1 Å². The maximum atomic E-state index is 13.2. The Morgan fingerprint density at radius 1 is 1.00 bits per heavy atom. The van der Waals surface area contributed by atoms with Crippen LogP contribution in [0.2, 0.25) is 0 Å². The van der Waals surface area contributed by atoms with Crippen molar-refractivity contribution in [3.05, 3.63) is 90.2 Å². The van der Waals surface area contributed by atoms with Gasteiger partial charge in [0.25, 0.3) is 5.91 Å². The summed E-state index contributed by atoms with van der Waals surface area (Å²) in [6.07, 6.45) is -1.24. The van der Waals surface area contributed by atoms with Gasteiger partial charge < -0.3 is 10.1 Å². The van der Waals surface area contributed by atoms with Crippen molar-refractivity contribution in [3.63, 3.8) is 0 Å². The maximum absolute atomic E-state index is 13.2. The van der Waals surface area contributed by atoms with Gasteiger partial charge in [0.2, 0.25) is 12.0 Å². The van der Waals surface area contributed by atoms with Crippen LogP contribution in [0.4, 0.5) is 15.8 Å². The number of hydrogen-bond donors (Lipinski definition) is 1. The number of amides is 2. The van der Waals surface area contributed by atoms with Crippen molar-refractivity contribution in [3.8, 4) is 0 Å². The first kappa shape index (κ1) is 21.6. The normalized spacial score (nSPS) is 13.8. The van der Waals surface area contributed by atoms with Gasteiger partial charge in [-0.15, -0.1) is 11.8 Å². The molecule has 1 unspecified atom stereocenters. The molecule has 3 aromatic carbocycles. The predicted molar refractivity (Wildman–Crippen MR) is 120 cm³/mol. The highest BCUT2D eigenvalue weighted by Gasteiger charge is 2.30. The molecule has 4 rings (SSSR count). The van der Waals surface area contributed by atoms with Crippen molar-refractivity contribution in [2.24, 2.45) is 0 Å². The Kier molecular flexibility index (Phi) is 6.51. The number of nitrogens with one attached hydrogen (secondary N) is 1. The zero-order chi connectivity index (χ0) is 22.5. The number of fused-ring (bicyclic) bond motifs is 1. The van der Waals surface area contributed by atoms with Gasteiger partial charge in [-0.1, -0.05) is 42.5 Å².